The van der Waals surface area contributed by atoms with E-state index in [0.29, 0.717) is 27.1 Å². The molecule has 30 heavy (non-hydrogen) atoms. The van der Waals surface area contributed by atoms with Crippen LogP contribution < -0.4 is 5.32 Å². The van der Waals surface area contributed by atoms with Crippen LogP contribution in [0.25, 0.3) is 0 Å². The van der Waals surface area contributed by atoms with Gasteiger partial charge in [-0.3, -0.25) is 4.99 Å². The monoisotopic (exact) mass is 569 g/mol. The lowest BCUT2D eigenvalue weighted by molar-refractivity contribution is -0.139. The van der Waals surface area contributed by atoms with E-state index in [4.69, 9.17) is 4.74 Å². The normalized spacial score (nSPS) is 16.9. The summed E-state index contributed by atoms with van der Waals surface area (Å²) in [6.45, 7) is 1.77. The Labute approximate surface area is 189 Å². The van der Waals surface area contributed by atoms with Gasteiger partial charge >= 0.3 is 12.1 Å². The number of thiazole rings is 1. The molecule has 5 nitrogen and oxygen atoms in total. The summed E-state index contributed by atoms with van der Waals surface area (Å²) < 4.78 is 58.0. The van der Waals surface area contributed by atoms with E-state index in [9.17, 15) is 22.4 Å². The van der Waals surface area contributed by atoms with Crippen LogP contribution in [0.15, 0.2) is 45.1 Å². The van der Waals surface area contributed by atoms with Gasteiger partial charge < -0.3 is 10.1 Å². The summed E-state index contributed by atoms with van der Waals surface area (Å²) in [6.07, 6.45) is -3.81. The van der Waals surface area contributed by atoms with Crippen molar-refractivity contribution in [3.05, 3.63) is 61.4 Å². The molecule has 1 aromatic carbocycles. The van der Waals surface area contributed by atoms with Gasteiger partial charge in [-0.2, -0.15) is 13.2 Å². The Hall–Kier alpha value is -1.79. The van der Waals surface area contributed by atoms with Crippen molar-refractivity contribution in [2.45, 2.75) is 19.1 Å². The highest BCUT2D eigenvalue weighted by Gasteiger charge is 2.36. The number of aromatic nitrogens is 1. The summed E-state index contributed by atoms with van der Waals surface area (Å²) >= 11 is 6.98. The number of halogens is 6. The Morgan fingerprint density at radius 1 is 1.37 bits per heavy atom. The molecule has 3 rings (SSSR count). The van der Waals surface area contributed by atoms with Crippen LogP contribution in [0.5, 0.6) is 0 Å². The van der Waals surface area contributed by atoms with Crippen LogP contribution >= 0.6 is 43.2 Å². The lowest BCUT2D eigenvalue weighted by Gasteiger charge is -2.26. The largest absolute Gasteiger partial charge is 0.463 e. The smallest absolute Gasteiger partial charge is 0.427 e. The Balaban J connectivity index is 2.14. The van der Waals surface area contributed by atoms with Gasteiger partial charge in [-0.25, -0.2) is 14.2 Å². The van der Waals surface area contributed by atoms with Crippen molar-refractivity contribution < 1.29 is 27.1 Å². The van der Waals surface area contributed by atoms with Gasteiger partial charge in [0.2, 0.25) is 0 Å². The van der Waals surface area contributed by atoms with Crippen molar-refractivity contribution in [2.75, 3.05) is 11.9 Å². The number of ether oxygens (including phenoxy) is 1. The molecule has 1 aliphatic rings. The van der Waals surface area contributed by atoms with E-state index in [2.05, 4.69) is 47.2 Å². The first-order chi connectivity index (χ1) is 14.2. The third-order valence-electron chi connectivity index (χ3n) is 4.00. The first kappa shape index (κ1) is 22.9. The van der Waals surface area contributed by atoms with Crippen LogP contribution in [0, 0.1) is 5.82 Å². The Morgan fingerprint density at radius 2 is 2.10 bits per heavy atom. The molecule has 0 saturated carbocycles. The van der Waals surface area contributed by atoms with Gasteiger partial charge in [-0.15, -0.1) is 11.3 Å². The van der Waals surface area contributed by atoms with Gasteiger partial charge in [-0.05, 0) is 24.6 Å². The molecule has 1 atom stereocenters. The highest BCUT2D eigenvalue weighted by Crippen LogP contribution is 2.38. The fourth-order valence-electron chi connectivity index (χ4n) is 2.72. The number of hydrogen-bond acceptors (Lipinski definition) is 6. The van der Waals surface area contributed by atoms with Crippen LogP contribution in [-0.4, -0.2) is 28.7 Å². The van der Waals surface area contributed by atoms with Crippen LogP contribution in [0.4, 0.5) is 17.6 Å². The molecule has 0 saturated heterocycles. The molecule has 0 bridgehead atoms. The molecule has 0 aliphatic carbocycles. The van der Waals surface area contributed by atoms with Crippen molar-refractivity contribution in [1.82, 2.24) is 10.3 Å². The molecular formula is C18H13Br2F4N3O2S. The van der Waals surface area contributed by atoms with Gasteiger partial charge in [0.1, 0.15) is 16.7 Å². The molecule has 0 amide bonds. The number of carbonyl (C=O) groups is 1. The maximum absolute atomic E-state index is 13.6. The first-order valence-corrected chi connectivity index (χ1v) is 11.2. The number of nitrogens with one attached hydrogen (secondary N) is 1. The second kappa shape index (κ2) is 9.15. The summed E-state index contributed by atoms with van der Waals surface area (Å²) in [7, 11) is 0. The molecule has 1 aliphatic heterocycles. The highest BCUT2D eigenvalue weighted by atomic mass is 79.9. The maximum Gasteiger partial charge on any atom is 0.427 e. The Kier molecular flexibility index (Phi) is 6.98. The Morgan fingerprint density at radius 3 is 2.67 bits per heavy atom. The van der Waals surface area contributed by atoms with Crippen molar-refractivity contribution in [1.29, 1.82) is 0 Å². The van der Waals surface area contributed by atoms with Crippen molar-refractivity contribution >= 4 is 55.0 Å². The molecule has 2 heterocycles. The summed E-state index contributed by atoms with van der Waals surface area (Å²) in [4.78, 5) is 20.0. The van der Waals surface area contributed by atoms with E-state index in [1.165, 1.54) is 18.2 Å². The quantitative estimate of drug-likeness (QED) is 0.298. The average molecular weight is 571 g/mol. The number of aliphatic imine (C=N–C) groups is 1. The molecule has 0 radical (unpaired) electrons. The molecule has 1 aromatic heterocycles. The number of alkyl halides is 4. The third-order valence-corrected chi connectivity index (χ3v) is 6.30. The molecular weight excluding hydrogens is 558 g/mol. The molecule has 1 N–H and O–H groups in total. The summed E-state index contributed by atoms with van der Waals surface area (Å²) in [5.74, 6) is -1.07. The highest BCUT2D eigenvalue weighted by molar-refractivity contribution is 9.10. The lowest BCUT2D eigenvalue weighted by atomic mass is 9.96. The number of hydrogen-bond donors (Lipinski definition) is 1. The molecule has 1 unspecified atom stereocenters. The zero-order valence-electron chi connectivity index (χ0n) is 15.2. The van der Waals surface area contributed by atoms with Crippen LogP contribution in [-0.2, 0) is 15.7 Å². The van der Waals surface area contributed by atoms with E-state index in [0.717, 1.165) is 6.20 Å². The van der Waals surface area contributed by atoms with Crippen molar-refractivity contribution in [3.8, 4) is 0 Å². The second-order valence-corrected chi connectivity index (χ2v) is 8.39. The number of esters is 1. The number of rotatable bonds is 5. The fourth-order valence-corrected chi connectivity index (χ4v) is 4.47. The minimum atomic E-state index is -4.53. The minimum absolute atomic E-state index is 0.00641. The van der Waals surface area contributed by atoms with Gasteiger partial charge in [0.15, 0.2) is 10.8 Å². The first-order valence-electron chi connectivity index (χ1n) is 8.45. The number of amidine groups is 1. The van der Waals surface area contributed by atoms with Gasteiger partial charge in [0.25, 0.3) is 0 Å². The molecule has 12 heteroatoms. The fraction of sp³-hybridized carbons (Fsp3) is 0.278. The topological polar surface area (TPSA) is 63.6 Å². The predicted molar refractivity (Wildman–Crippen MR) is 111 cm³/mol. The summed E-state index contributed by atoms with van der Waals surface area (Å²) in [6, 6.07) is 2.93. The maximum atomic E-state index is 13.6. The molecule has 160 valence electrons. The van der Waals surface area contributed by atoms with E-state index in [1.807, 2.05) is 0 Å². The average Bonchev–Trinajstić information content (AvgIpc) is 3.18. The predicted octanol–water partition coefficient (Wildman–Crippen LogP) is 5.37. The van der Waals surface area contributed by atoms with Crippen LogP contribution in [0.3, 0.4) is 0 Å². The van der Waals surface area contributed by atoms with Crippen LogP contribution in [0.1, 0.15) is 28.4 Å². The minimum Gasteiger partial charge on any atom is -0.463 e. The van der Waals surface area contributed by atoms with Gasteiger partial charge in [0, 0.05) is 15.5 Å². The molecule has 0 spiro atoms. The van der Waals surface area contributed by atoms with E-state index >= 15 is 0 Å². The standard InChI is InChI=1S/C18H13Br2F4N3O2S/c1-2-29-17(28)13-11(6-19)26-15(16-25-7-12(30-16)18(22,23)24)27-14(13)9-4-3-8(21)5-10(9)20/h3-5,7,14H,2,6H2,1H3,(H,26,27). The number of allylic oxidation sites excluding steroid dienone is 1. The summed E-state index contributed by atoms with van der Waals surface area (Å²) in [5.41, 5.74) is 0.977. The number of carbonyl (C=O) groups excluding carboxylic acids is 1. The Bertz CT molecular complexity index is 1040. The summed E-state index contributed by atoms with van der Waals surface area (Å²) in [5, 5.41) is 3.06. The van der Waals surface area contributed by atoms with Crippen LogP contribution in [0.2, 0.25) is 0 Å². The molecule has 2 aromatic rings. The van der Waals surface area contributed by atoms with Gasteiger partial charge in [-0.1, -0.05) is 37.9 Å². The zero-order valence-corrected chi connectivity index (χ0v) is 19.2. The van der Waals surface area contributed by atoms with E-state index in [-0.39, 0.29) is 28.4 Å². The SMILES string of the molecule is CCOC(=O)C1=C(CBr)NC(c2ncc(C(F)(F)F)s2)=NC1c1ccc(F)cc1Br. The number of nitrogens with zero attached hydrogens (tertiary/aromatic N) is 2. The molecule has 0 fully saturated rings. The third kappa shape index (κ3) is 4.75. The van der Waals surface area contributed by atoms with Crippen molar-refractivity contribution in [3.63, 3.8) is 0 Å². The van der Waals surface area contributed by atoms with Crippen molar-refractivity contribution in [2.24, 2.45) is 4.99 Å². The van der Waals surface area contributed by atoms with E-state index < -0.39 is 28.9 Å². The van der Waals surface area contributed by atoms with Gasteiger partial charge in [0.05, 0.1) is 18.4 Å². The van der Waals surface area contributed by atoms with E-state index in [1.54, 1.807) is 6.92 Å². The zero-order chi connectivity index (χ0) is 22.1. The lowest BCUT2D eigenvalue weighted by Crippen LogP contribution is -2.34. The number of benzene rings is 1. The second-order valence-electron chi connectivity index (χ2n) is 5.94.